The molecule has 31 heavy (non-hydrogen) atoms. The molecule has 7 heteroatoms. The monoisotopic (exact) mass is 421 g/mol. The fourth-order valence-corrected chi connectivity index (χ4v) is 4.69. The van der Waals surface area contributed by atoms with E-state index in [0.717, 1.165) is 60.8 Å². The predicted octanol–water partition coefficient (Wildman–Crippen LogP) is 3.36. The molecular formula is C24H27N3O4. The lowest BCUT2D eigenvalue weighted by molar-refractivity contribution is -0.118. The molecule has 162 valence electrons. The van der Waals surface area contributed by atoms with E-state index in [4.69, 9.17) is 9.47 Å². The number of carbonyl (C=O) groups is 2. The van der Waals surface area contributed by atoms with E-state index in [-0.39, 0.29) is 17.9 Å². The number of rotatable bonds is 5. The SMILES string of the molecule is O=C(CN1CCCC1c1ccc2c(c1)OCCO2)Nc1ccc(N2CCCC2=O)cc1. The molecule has 5 rings (SSSR count). The zero-order valence-corrected chi connectivity index (χ0v) is 17.5. The number of anilines is 2. The van der Waals surface area contributed by atoms with Gasteiger partial charge >= 0.3 is 0 Å². The van der Waals surface area contributed by atoms with Crippen LogP contribution >= 0.6 is 0 Å². The first-order chi connectivity index (χ1) is 15.2. The van der Waals surface area contributed by atoms with Crippen LogP contribution in [0, 0.1) is 0 Å². The van der Waals surface area contributed by atoms with Crippen LogP contribution < -0.4 is 19.7 Å². The zero-order valence-electron chi connectivity index (χ0n) is 17.5. The van der Waals surface area contributed by atoms with E-state index < -0.39 is 0 Å². The van der Waals surface area contributed by atoms with Gasteiger partial charge in [-0.2, -0.15) is 0 Å². The van der Waals surface area contributed by atoms with E-state index in [1.807, 2.05) is 36.4 Å². The van der Waals surface area contributed by atoms with E-state index in [1.165, 1.54) is 0 Å². The van der Waals surface area contributed by atoms with Crippen LogP contribution in [0.15, 0.2) is 42.5 Å². The molecule has 2 aromatic carbocycles. The first kappa shape index (κ1) is 19.9. The molecule has 0 radical (unpaired) electrons. The molecule has 0 aromatic heterocycles. The summed E-state index contributed by atoms with van der Waals surface area (Å²) in [5.74, 6) is 1.71. The fraction of sp³-hybridized carbons (Fsp3) is 0.417. The molecule has 7 nitrogen and oxygen atoms in total. The maximum atomic E-state index is 12.7. The quantitative estimate of drug-likeness (QED) is 0.802. The highest BCUT2D eigenvalue weighted by Crippen LogP contribution is 2.38. The molecule has 2 fully saturated rings. The first-order valence-corrected chi connectivity index (χ1v) is 11.0. The van der Waals surface area contributed by atoms with Gasteiger partial charge in [0.15, 0.2) is 11.5 Å². The minimum absolute atomic E-state index is 0.0329. The maximum Gasteiger partial charge on any atom is 0.238 e. The minimum Gasteiger partial charge on any atom is -0.486 e. The molecule has 2 aromatic rings. The Labute approximate surface area is 181 Å². The second-order valence-electron chi connectivity index (χ2n) is 8.28. The number of nitrogens with one attached hydrogen (secondary N) is 1. The highest BCUT2D eigenvalue weighted by Gasteiger charge is 2.29. The molecule has 2 amide bonds. The third-order valence-electron chi connectivity index (χ3n) is 6.20. The Balaban J connectivity index is 1.21. The minimum atomic E-state index is -0.0329. The van der Waals surface area contributed by atoms with Gasteiger partial charge in [0, 0.05) is 30.4 Å². The van der Waals surface area contributed by atoms with Gasteiger partial charge in [-0.05, 0) is 67.8 Å². The van der Waals surface area contributed by atoms with E-state index in [9.17, 15) is 9.59 Å². The number of likely N-dealkylation sites (tertiary alicyclic amines) is 1. The summed E-state index contributed by atoms with van der Waals surface area (Å²) in [6.07, 6.45) is 3.59. The van der Waals surface area contributed by atoms with Crippen molar-refractivity contribution < 1.29 is 19.1 Å². The van der Waals surface area contributed by atoms with Crippen molar-refractivity contribution in [3.63, 3.8) is 0 Å². The lowest BCUT2D eigenvalue weighted by atomic mass is 10.0. The van der Waals surface area contributed by atoms with Crippen molar-refractivity contribution in [2.24, 2.45) is 0 Å². The zero-order chi connectivity index (χ0) is 21.2. The van der Waals surface area contributed by atoms with Gasteiger partial charge in [0.1, 0.15) is 13.2 Å². The highest BCUT2D eigenvalue weighted by molar-refractivity contribution is 5.96. The van der Waals surface area contributed by atoms with Crippen molar-refractivity contribution in [3.05, 3.63) is 48.0 Å². The molecule has 0 spiro atoms. The van der Waals surface area contributed by atoms with Crippen LogP contribution in [0.25, 0.3) is 0 Å². The molecule has 3 aliphatic rings. The largest absolute Gasteiger partial charge is 0.486 e. The predicted molar refractivity (Wildman–Crippen MR) is 118 cm³/mol. The molecular weight excluding hydrogens is 394 g/mol. The maximum absolute atomic E-state index is 12.7. The van der Waals surface area contributed by atoms with E-state index in [2.05, 4.69) is 16.3 Å². The van der Waals surface area contributed by atoms with Gasteiger partial charge < -0.3 is 19.7 Å². The van der Waals surface area contributed by atoms with Crippen molar-refractivity contribution in [1.29, 1.82) is 0 Å². The van der Waals surface area contributed by atoms with Crippen molar-refractivity contribution in [3.8, 4) is 11.5 Å². The molecule has 0 bridgehead atoms. The Hall–Kier alpha value is -3.06. The average molecular weight is 421 g/mol. The Kier molecular flexibility index (Phi) is 5.51. The van der Waals surface area contributed by atoms with Gasteiger partial charge in [0.2, 0.25) is 11.8 Å². The molecule has 0 aliphatic carbocycles. The molecule has 3 aliphatic heterocycles. The average Bonchev–Trinajstić information content (AvgIpc) is 3.43. The Morgan fingerprint density at radius 3 is 2.58 bits per heavy atom. The van der Waals surface area contributed by atoms with Gasteiger partial charge in [-0.15, -0.1) is 0 Å². The summed E-state index contributed by atoms with van der Waals surface area (Å²) >= 11 is 0. The number of benzene rings is 2. The van der Waals surface area contributed by atoms with Crippen LogP contribution in [0.3, 0.4) is 0 Å². The lowest BCUT2D eigenvalue weighted by Crippen LogP contribution is -2.33. The summed E-state index contributed by atoms with van der Waals surface area (Å²) in [6.45, 7) is 3.14. The van der Waals surface area contributed by atoms with Crippen molar-refractivity contribution in [1.82, 2.24) is 4.90 Å². The van der Waals surface area contributed by atoms with Gasteiger partial charge in [0.25, 0.3) is 0 Å². The van der Waals surface area contributed by atoms with Gasteiger partial charge in [-0.1, -0.05) is 6.07 Å². The van der Waals surface area contributed by atoms with E-state index in [1.54, 1.807) is 4.90 Å². The lowest BCUT2D eigenvalue weighted by Gasteiger charge is -2.26. The van der Waals surface area contributed by atoms with Crippen LogP contribution in [0.2, 0.25) is 0 Å². The van der Waals surface area contributed by atoms with Crippen LogP contribution in [0.4, 0.5) is 11.4 Å². The summed E-state index contributed by atoms with van der Waals surface area (Å²) in [5.41, 5.74) is 2.79. The molecule has 1 unspecified atom stereocenters. The number of amides is 2. The van der Waals surface area contributed by atoms with Crippen LogP contribution in [-0.2, 0) is 9.59 Å². The number of nitrogens with zero attached hydrogens (tertiary/aromatic N) is 2. The molecule has 1 atom stereocenters. The van der Waals surface area contributed by atoms with Crippen LogP contribution in [0.5, 0.6) is 11.5 Å². The Morgan fingerprint density at radius 2 is 1.81 bits per heavy atom. The smallest absolute Gasteiger partial charge is 0.238 e. The third kappa shape index (κ3) is 4.23. The van der Waals surface area contributed by atoms with Crippen LogP contribution in [-0.4, -0.2) is 49.6 Å². The summed E-state index contributed by atoms with van der Waals surface area (Å²) in [4.78, 5) is 28.6. The topological polar surface area (TPSA) is 71.1 Å². The molecule has 2 saturated heterocycles. The molecule has 3 heterocycles. The van der Waals surface area contributed by atoms with E-state index >= 15 is 0 Å². The second-order valence-corrected chi connectivity index (χ2v) is 8.28. The number of ether oxygens (including phenoxy) is 2. The normalized spacial score (nSPS) is 20.8. The highest BCUT2D eigenvalue weighted by atomic mass is 16.6. The first-order valence-electron chi connectivity index (χ1n) is 11.0. The number of carbonyl (C=O) groups excluding carboxylic acids is 2. The van der Waals surface area contributed by atoms with Crippen molar-refractivity contribution in [2.75, 3.05) is 43.1 Å². The Bertz CT molecular complexity index is 975. The molecule has 0 saturated carbocycles. The van der Waals surface area contributed by atoms with Gasteiger partial charge in [-0.25, -0.2) is 0 Å². The summed E-state index contributed by atoms with van der Waals surface area (Å²) < 4.78 is 11.3. The summed E-state index contributed by atoms with van der Waals surface area (Å²) in [5, 5.41) is 2.99. The second kappa shape index (κ2) is 8.59. The number of hydrogen-bond acceptors (Lipinski definition) is 5. The van der Waals surface area contributed by atoms with Crippen molar-refractivity contribution in [2.45, 2.75) is 31.7 Å². The molecule has 1 N–H and O–H groups in total. The number of hydrogen-bond donors (Lipinski definition) is 1. The standard InChI is InChI=1S/C24H27N3O4/c28-23(25-18-6-8-19(9-7-18)27-12-2-4-24(27)29)16-26-11-1-3-20(26)17-5-10-21-22(15-17)31-14-13-30-21/h5-10,15,20H,1-4,11-14,16H2,(H,25,28). The van der Waals surface area contributed by atoms with Crippen molar-refractivity contribution >= 4 is 23.2 Å². The van der Waals surface area contributed by atoms with E-state index in [0.29, 0.717) is 26.2 Å². The fourth-order valence-electron chi connectivity index (χ4n) is 4.69. The van der Waals surface area contributed by atoms with Crippen LogP contribution in [0.1, 0.15) is 37.3 Å². The number of fused-ring (bicyclic) bond motifs is 1. The summed E-state index contributed by atoms with van der Waals surface area (Å²) in [7, 11) is 0. The van der Waals surface area contributed by atoms with Gasteiger partial charge in [-0.3, -0.25) is 14.5 Å². The third-order valence-corrected chi connectivity index (χ3v) is 6.20. The van der Waals surface area contributed by atoms with Gasteiger partial charge in [0.05, 0.1) is 6.54 Å². The summed E-state index contributed by atoms with van der Waals surface area (Å²) in [6, 6.07) is 13.8. The Morgan fingerprint density at radius 1 is 1.00 bits per heavy atom.